The molecule has 0 aliphatic rings. The summed E-state index contributed by atoms with van der Waals surface area (Å²) in [5.41, 5.74) is 0. The number of hydrogen-bond donors (Lipinski definition) is 0. The molecule has 0 heterocycles. The van der Waals surface area contributed by atoms with Crippen molar-refractivity contribution in [2.75, 3.05) is 0 Å². The maximum Gasteiger partial charge on any atom is -0.0474 e. The minimum Gasteiger partial charge on any atom is -0.106 e. The van der Waals surface area contributed by atoms with Crippen molar-refractivity contribution in [3.63, 3.8) is 0 Å². The quantitative estimate of drug-likeness (QED) is 0.473. The largest absolute Gasteiger partial charge is 0.106 e. The number of rotatable bonds is 1. The Morgan fingerprint density at radius 2 is 1.00 bits per heavy atom. The molecule has 0 spiro atoms. The first-order chi connectivity index (χ1) is 5.68. The summed E-state index contributed by atoms with van der Waals surface area (Å²) in [4.78, 5) is 0. The van der Waals surface area contributed by atoms with E-state index in [2.05, 4.69) is 47.8 Å². The summed E-state index contributed by atoms with van der Waals surface area (Å²) in [6, 6.07) is 0. The third-order valence-corrected chi connectivity index (χ3v) is 0.816. The van der Waals surface area contributed by atoms with Gasteiger partial charge >= 0.3 is 0 Å². The first kappa shape index (κ1) is 22.6. The molecular weight excluding hydrogens is 144 g/mol. The fourth-order valence-electron chi connectivity index (χ4n) is 0. The maximum absolute atomic E-state index is 3.00. The summed E-state index contributed by atoms with van der Waals surface area (Å²) in [7, 11) is 0. The molecule has 0 unspecified atom stereocenters. The maximum atomic E-state index is 3.00. The highest BCUT2D eigenvalue weighted by atomic mass is 13.9. The molecule has 0 aromatic rings. The van der Waals surface area contributed by atoms with Crippen LogP contribution in [-0.4, -0.2) is 0 Å². The van der Waals surface area contributed by atoms with Gasteiger partial charge in [0.05, 0.1) is 0 Å². The highest BCUT2D eigenvalue weighted by Gasteiger charge is 1.80. The molecule has 0 saturated heterocycles. The van der Waals surface area contributed by atoms with Gasteiger partial charge in [0.15, 0.2) is 0 Å². The molecule has 0 amide bonds. The second kappa shape index (κ2) is 45.3. The van der Waals surface area contributed by atoms with Crippen LogP contribution in [0, 0.1) is 5.92 Å². The smallest absolute Gasteiger partial charge is 0.0474 e. The summed E-state index contributed by atoms with van der Waals surface area (Å²) in [5.74, 6) is 0.884. The zero-order chi connectivity index (χ0) is 11.0. The Morgan fingerprint density at radius 1 is 0.917 bits per heavy atom. The molecule has 0 aliphatic carbocycles. The van der Waals surface area contributed by atoms with Crippen LogP contribution in [0.15, 0.2) is 13.2 Å². The monoisotopic (exact) mass is 174 g/mol. The molecule has 0 nitrogen and oxygen atoms in total. The molecule has 0 atom stereocenters. The van der Waals surface area contributed by atoms with Gasteiger partial charge in [-0.15, -0.1) is 13.2 Å². The van der Waals surface area contributed by atoms with Crippen LogP contribution in [0.1, 0.15) is 61.3 Å². The Balaban J connectivity index is -0.0000000397. The van der Waals surface area contributed by atoms with Crippen LogP contribution < -0.4 is 0 Å². The van der Waals surface area contributed by atoms with Crippen LogP contribution in [0.4, 0.5) is 0 Å². The number of hydrogen-bond acceptors (Lipinski definition) is 0. The second-order valence-electron chi connectivity index (χ2n) is 2.51. The molecular formula is C12H30. The van der Waals surface area contributed by atoms with Crippen molar-refractivity contribution in [3.8, 4) is 0 Å². The van der Waals surface area contributed by atoms with Crippen molar-refractivity contribution in [1.29, 1.82) is 0 Å². The van der Waals surface area contributed by atoms with Crippen molar-refractivity contribution >= 4 is 0 Å². The van der Waals surface area contributed by atoms with Crippen molar-refractivity contribution in [1.82, 2.24) is 0 Å². The van der Waals surface area contributed by atoms with E-state index in [4.69, 9.17) is 0 Å². The van der Waals surface area contributed by atoms with Gasteiger partial charge < -0.3 is 0 Å². The van der Waals surface area contributed by atoms with Gasteiger partial charge in [0.25, 0.3) is 0 Å². The predicted molar refractivity (Wildman–Crippen MR) is 63.7 cm³/mol. The SMILES string of the molecule is C=C.CC.CCC.CCC(C)C. The minimum atomic E-state index is 0.884. The van der Waals surface area contributed by atoms with E-state index in [-0.39, 0.29) is 0 Å². The normalized spacial score (nSPS) is 6.33. The third kappa shape index (κ3) is 246. The molecule has 0 aromatic carbocycles. The summed E-state index contributed by atoms with van der Waals surface area (Å²) in [6.07, 6.45) is 2.56. The summed E-state index contributed by atoms with van der Waals surface area (Å²) in [5, 5.41) is 0. The van der Waals surface area contributed by atoms with E-state index in [0.29, 0.717) is 0 Å². The van der Waals surface area contributed by atoms with Gasteiger partial charge in [-0.3, -0.25) is 0 Å². The van der Waals surface area contributed by atoms with Gasteiger partial charge in [0, 0.05) is 0 Å². The lowest BCUT2D eigenvalue weighted by Crippen LogP contribution is -1.77. The van der Waals surface area contributed by atoms with Gasteiger partial charge in [-0.1, -0.05) is 61.3 Å². The van der Waals surface area contributed by atoms with Crippen LogP contribution in [0.3, 0.4) is 0 Å². The topological polar surface area (TPSA) is 0 Å². The van der Waals surface area contributed by atoms with Gasteiger partial charge in [0.2, 0.25) is 0 Å². The molecule has 12 heavy (non-hydrogen) atoms. The van der Waals surface area contributed by atoms with Crippen molar-refractivity contribution in [3.05, 3.63) is 13.2 Å². The average molecular weight is 174 g/mol. The fraction of sp³-hybridized carbons (Fsp3) is 0.833. The summed E-state index contributed by atoms with van der Waals surface area (Å²) in [6.45, 7) is 20.9. The van der Waals surface area contributed by atoms with Crippen molar-refractivity contribution in [2.24, 2.45) is 5.92 Å². The van der Waals surface area contributed by atoms with E-state index >= 15 is 0 Å². The van der Waals surface area contributed by atoms with Crippen LogP contribution >= 0.6 is 0 Å². The van der Waals surface area contributed by atoms with Crippen LogP contribution in [0.25, 0.3) is 0 Å². The van der Waals surface area contributed by atoms with Gasteiger partial charge in [-0.05, 0) is 5.92 Å². The molecule has 0 aromatic heterocycles. The van der Waals surface area contributed by atoms with E-state index in [9.17, 15) is 0 Å². The van der Waals surface area contributed by atoms with E-state index in [0.717, 1.165) is 5.92 Å². The lowest BCUT2D eigenvalue weighted by molar-refractivity contribution is 0.626. The molecule has 0 fully saturated rings. The van der Waals surface area contributed by atoms with Crippen molar-refractivity contribution in [2.45, 2.75) is 61.3 Å². The van der Waals surface area contributed by atoms with Crippen LogP contribution in [0.5, 0.6) is 0 Å². The molecule has 0 heteroatoms. The van der Waals surface area contributed by atoms with E-state index in [1.807, 2.05) is 13.8 Å². The molecule has 0 saturated carbocycles. The van der Waals surface area contributed by atoms with Crippen LogP contribution in [-0.2, 0) is 0 Å². The minimum absolute atomic E-state index is 0.884. The Bertz CT molecular complexity index is 29.0. The standard InChI is InChI=1S/C5H12.C3H8.C2H6.C2H4/c1-4-5(2)3;1-3-2;2*1-2/h5H,4H2,1-3H3;3H2,1-2H3;1-2H3;1-2H2. The zero-order valence-corrected chi connectivity index (χ0v) is 10.4. The van der Waals surface area contributed by atoms with Gasteiger partial charge in [-0.25, -0.2) is 0 Å². The summed E-state index contributed by atoms with van der Waals surface area (Å²) >= 11 is 0. The molecule has 0 N–H and O–H groups in total. The van der Waals surface area contributed by atoms with Gasteiger partial charge in [0.1, 0.15) is 0 Å². The Hall–Kier alpha value is -0.260. The van der Waals surface area contributed by atoms with E-state index in [1.165, 1.54) is 12.8 Å². The summed E-state index contributed by atoms with van der Waals surface area (Å²) < 4.78 is 0. The first-order valence-electron chi connectivity index (χ1n) is 5.18. The zero-order valence-electron chi connectivity index (χ0n) is 10.4. The van der Waals surface area contributed by atoms with Crippen molar-refractivity contribution < 1.29 is 0 Å². The van der Waals surface area contributed by atoms with E-state index in [1.54, 1.807) is 0 Å². The predicted octanol–water partition coefficient (Wildman–Crippen LogP) is 5.30. The van der Waals surface area contributed by atoms with E-state index < -0.39 is 0 Å². The Morgan fingerprint density at radius 3 is 1.00 bits per heavy atom. The Labute approximate surface area is 81.1 Å². The molecule has 0 aliphatic heterocycles. The third-order valence-electron chi connectivity index (χ3n) is 0.816. The van der Waals surface area contributed by atoms with Crippen LogP contribution in [0.2, 0.25) is 0 Å². The lowest BCUT2D eigenvalue weighted by Gasteiger charge is -1.90. The highest BCUT2D eigenvalue weighted by molar-refractivity contribution is 4.32. The molecule has 0 radical (unpaired) electrons. The fourth-order valence-corrected chi connectivity index (χ4v) is 0. The first-order valence-corrected chi connectivity index (χ1v) is 5.18. The molecule has 0 rings (SSSR count). The second-order valence-corrected chi connectivity index (χ2v) is 2.51. The lowest BCUT2D eigenvalue weighted by atomic mass is 10.2. The van der Waals surface area contributed by atoms with Gasteiger partial charge in [-0.2, -0.15) is 0 Å². The molecule has 0 bridgehead atoms. The molecule has 78 valence electrons. The average Bonchev–Trinajstić information content (AvgIpc) is 2.13. The highest BCUT2D eigenvalue weighted by Crippen LogP contribution is 1.93. The Kier molecular flexibility index (Phi) is 85.4.